The normalized spacial score (nSPS) is 23.2. The Morgan fingerprint density at radius 3 is 2.56 bits per heavy atom. The van der Waals surface area contributed by atoms with Crippen LogP contribution in [0.5, 0.6) is 11.5 Å². The van der Waals surface area contributed by atoms with Crippen molar-refractivity contribution in [2.24, 2.45) is 17.3 Å². The van der Waals surface area contributed by atoms with Crippen LogP contribution in [0.1, 0.15) is 19.4 Å². The number of halogens is 5. The molecule has 4 nitrogen and oxygen atoms in total. The van der Waals surface area contributed by atoms with Gasteiger partial charge in [0.05, 0.1) is 11.5 Å². The molecular weight excluding hydrogens is 445 g/mol. The summed E-state index contributed by atoms with van der Waals surface area (Å²) in [5.74, 6) is -1.63. The van der Waals surface area contributed by atoms with Crippen molar-refractivity contribution >= 4 is 45.1 Å². The van der Waals surface area contributed by atoms with Crippen LogP contribution in [-0.2, 0) is 15.6 Å². The van der Waals surface area contributed by atoms with Gasteiger partial charge in [-0.05, 0) is 45.5 Å². The second-order valence-electron chi connectivity index (χ2n) is 6.40. The number of hydrogen-bond donors (Lipinski definition) is 0. The Labute approximate surface area is 161 Å². The number of hydrogen-bond acceptors (Lipinski definition) is 4. The molecule has 0 saturated heterocycles. The summed E-state index contributed by atoms with van der Waals surface area (Å²) in [6.07, 6.45) is -2.38. The lowest BCUT2D eigenvalue weighted by Crippen LogP contribution is -2.25. The van der Waals surface area contributed by atoms with Crippen molar-refractivity contribution in [3.05, 3.63) is 32.7 Å². The lowest BCUT2D eigenvalue weighted by molar-refractivity contribution is -0.242. The molecule has 1 aromatic carbocycles. The number of alkyl halides is 2. The van der Waals surface area contributed by atoms with Crippen LogP contribution in [0.15, 0.2) is 27.2 Å². The maximum atomic E-state index is 14.5. The molecule has 1 aliphatic heterocycles. The van der Waals surface area contributed by atoms with E-state index < -0.39 is 29.0 Å². The summed E-state index contributed by atoms with van der Waals surface area (Å²) in [6.45, 7) is 3.46. The molecule has 1 aliphatic carbocycles. The average Bonchev–Trinajstić information content (AvgIpc) is 2.81. The Hall–Kier alpha value is -1.05. The zero-order valence-corrected chi connectivity index (χ0v) is 16.2. The van der Waals surface area contributed by atoms with Gasteiger partial charge in [-0.3, -0.25) is 4.79 Å². The summed E-state index contributed by atoms with van der Waals surface area (Å²) < 4.78 is 43.8. The Bertz CT molecular complexity index is 763. The minimum atomic E-state index is -3.84. The van der Waals surface area contributed by atoms with Gasteiger partial charge in [-0.1, -0.05) is 37.0 Å². The van der Waals surface area contributed by atoms with Crippen LogP contribution in [0.2, 0.25) is 0 Å². The smallest absolute Gasteiger partial charge is 0.429 e. The number of rotatable bonds is 4. The van der Waals surface area contributed by atoms with Crippen molar-refractivity contribution in [1.82, 2.24) is 0 Å². The van der Waals surface area contributed by atoms with Crippen LogP contribution in [0.4, 0.5) is 8.78 Å². The number of esters is 1. The predicted octanol–water partition coefficient (Wildman–Crippen LogP) is 5.36. The minimum absolute atomic E-state index is 0.0151. The van der Waals surface area contributed by atoms with Crippen LogP contribution < -0.4 is 9.47 Å². The number of allylic oxidation sites excluding steroid dienone is 1. The van der Waals surface area contributed by atoms with Crippen molar-refractivity contribution in [3.8, 4) is 11.5 Å². The van der Waals surface area contributed by atoms with Gasteiger partial charge in [0.2, 0.25) is 6.79 Å². The zero-order chi connectivity index (χ0) is 18.6. The SMILES string of the molecule is CC1(C)C(C=C(Cl)Cl)C1C(=O)OC(F)(F)c1cc2c(cc1Br)OCO2. The van der Waals surface area contributed by atoms with E-state index in [2.05, 4.69) is 20.7 Å². The third kappa shape index (κ3) is 3.46. The standard InChI is InChI=1S/C16H13BrCl2F2O4/c1-15(2)8(4-12(18)19)13(15)14(22)25-16(20,21)7-3-10-11(5-9(7)17)24-6-23-10/h3-5,8,13H,6H2,1-2H3. The Morgan fingerprint density at radius 2 is 1.96 bits per heavy atom. The van der Waals surface area contributed by atoms with E-state index in [4.69, 9.17) is 32.7 Å². The second-order valence-corrected chi connectivity index (χ2v) is 8.27. The Morgan fingerprint density at radius 1 is 1.36 bits per heavy atom. The number of fused-ring (bicyclic) bond motifs is 1. The molecule has 2 aliphatic rings. The Balaban J connectivity index is 1.81. The van der Waals surface area contributed by atoms with Crippen LogP contribution in [0, 0.1) is 17.3 Å². The van der Waals surface area contributed by atoms with Gasteiger partial charge >= 0.3 is 12.1 Å². The van der Waals surface area contributed by atoms with Gasteiger partial charge in [0, 0.05) is 4.47 Å². The fourth-order valence-electron chi connectivity index (χ4n) is 2.96. The minimum Gasteiger partial charge on any atom is -0.454 e. The van der Waals surface area contributed by atoms with Gasteiger partial charge in [-0.15, -0.1) is 0 Å². The van der Waals surface area contributed by atoms with Crippen LogP contribution in [-0.4, -0.2) is 12.8 Å². The van der Waals surface area contributed by atoms with Gasteiger partial charge in [0.25, 0.3) is 0 Å². The molecule has 0 bridgehead atoms. The van der Waals surface area contributed by atoms with Gasteiger partial charge in [0.1, 0.15) is 4.49 Å². The number of carbonyl (C=O) groups excluding carboxylic acids is 1. The van der Waals surface area contributed by atoms with Crippen LogP contribution in [0.25, 0.3) is 0 Å². The highest BCUT2D eigenvalue weighted by atomic mass is 79.9. The summed E-state index contributed by atoms with van der Waals surface area (Å²) in [4.78, 5) is 12.3. The molecule has 1 fully saturated rings. The first kappa shape index (κ1) is 18.7. The third-order valence-electron chi connectivity index (χ3n) is 4.47. The van der Waals surface area contributed by atoms with Crippen molar-refractivity contribution in [2.75, 3.05) is 6.79 Å². The molecule has 25 heavy (non-hydrogen) atoms. The lowest BCUT2D eigenvalue weighted by Gasteiger charge is -2.19. The van der Waals surface area contributed by atoms with E-state index >= 15 is 0 Å². The fourth-order valence-corrected chi connectivity index (χ4v) is 3.78. The molecule has 3 rings (SSSR count). The quantitative estimate of drug-likeness (QED) is 0.571. The number of benzene rings is 1. The van der Waals surface area contributed by atoms with E-state index in [9.17, 15) is 13.6 Å². The highest BCUT2D eigenvalue weighted by Gasteiger charge is 2.63. The molecule has 1 saturated carbocycles. The first-order valence-corrected chi connectivity index (χ1v) is 8.82. The van der Waals surface area contributed by atoms with Crippen molar-refractivity contribution in [1.29, 1.82) is 0 Å². The Kier molecular flexibility index (Phi) is 4.71. The molecule has 0 spiro atoms. The maximum absolute atomic E-state index is 14.5. The summed E-state index contributed by atoms with van der Waals surface area (Å²) in [7, 11) is 0. The number of carbonyl (C=O) groups is 1. The monoisotopic (exact) mass is 456 g/mol. The lowest BCUT2D eigenvalue weighted by atomic mass is 10.1. The molecule has 9 heteroatoms. The summed E-state index contributed by atoms with van der Waals surface area (Å²) in [5.41, 5.74) is -1.08. The van der Waals surface area contributed by atoms with E-state index in [0.29, 0.717) is 5.75 Å². The highest BCUT2D eigenvalue weighted by Crippen LogP contribution is 2.60. The molecular formula is C16H13BrCl2F2O4. The summed E-state index contributed by atoms with van der Waals surface area (Å²) >= 11 is 14.3. The topological polar surface area (TPSA) is 44.8 Å². The van der Waals surface area contributed by atoms with Gasteiger partial charge in [-0.2, -0.15) is 8.78 Å². The average molecular weight is 458 g/mol. The molecule has 1 heterocycles. The largest absolute Gasteiger partial charge is 0.454 e. The summed E-state index contributed by atoms with van der Waals surface area (Å²) in [6, 6.07) is 2.43. The highest BCUT2D eigenvalue weighted by molar-refractivity contribution is 9.10. The van der Waals surface area contributed by atoms with E-state index in [-0.39, 0.29) is 27.4 Å². The van der Waals surface area contributed by atoms with E-state index in [1.165, 1.54) is 12.1 Å². The molecule has 0 radical (unpaired) electrons. The molecule has 0 amide bonds. The number of ether oxygens (including phenoxy) is 3. The molecule has 1 aromatic rings. The molecule has 0 N–H and O–H groups in total. The van der Waals surface area contributed by atoms with Gasteiger partial charge < -0.3 is 14.2 Å². The molecule has 2 atom stereocenters. The van der Waals surface area contributed by atoms with Crippen molar-refractivity contribution in [3.63, 3.8) is 0 Å². The van der Waals surface area contributed by atoms with Crippen molar-refractivity contribution in [2.45, 2.75) is 20.0 Å². The second kappa shape index (κ2) is 6.28. The molecule has 0 aromatic heterocycles. The van der Waals surface area contributed by atoms with E-state index in [0.717, 1.165) is 6.07 Å². The van der Waals surface area contributed by atoms with E-state index in [1.54, 1.807) is 13.8 Å². The fraction of sp³-hybridized carbons (Fsp3) is 0.438. The first-order chi connectivity index (χ1) is 11.5. The first-order valence-electron chi connectivity index (χ1n) is 7.27. The van der Waals surface area contributed by atoms with Crippen LogP contribution >= 0.6 is 39.1 Å². The van der Waals surface area contributed by atoms with Gasteiger partial charge in [-0.25, -0.2) is 0 Å². The van der Waals surface area contributed by atoms with Crippen molar-refractivity contribution < 1.29 is 27.8 Å². The zero-order valence-electron chi connectivity index (χ0n) is 13.1. The molecule has 2 unspecified atom stereocenters. The predicted molar refractivity (Wildman–Crippen MR) is 90.8 cm³/mol. The van der Waals surface area contributed by atoms with Gasteiger partial charge in [0.15, 0.2) is 11.5 Å². The summed E-state index contributed by atoms with van der Waals surface area (Å²) in [5, 5.41) is 0. The maximum Gasteiger partial charge on any atom is 0.429 e. The molecule has 136 valence electrons. The third-order valence-corrected chi connectivity index (χ3v) is 5.38. The van der Waals surface area contributed by atoms with E-state index in [1.807, 2.05) is 0 Å². The van der Waals surface area contributed by atoms with Crippen LogP contribution in [0.3, 0.4) is 0 Å².